The van der Waals surface area contributed by atoms with Crippen LogP contribution in [0.3, 0.4) is 0 Å². The highest BCUT2D eigenvalue weighted by molar-refractivity contribution is 5.57. The summed E-state index contributed by atoms with van der Waals surface area (Å²) in [5.41, 5.74) is 3.52. The average molecular weight is 187 g/mol. The van der Waals surface area contributed by atoms with Crippen molar-refractivity contribution in [3.63, 3.8) is 0 Å². The van der Waals surface area contributed by atoms with E-state index in [1.807, 2.05) is 0 Å². The number of para-hydroxylation sites is 1. The molecule has 0 radical (unpaired) electrons. The highest BCUT2D eigenvalue weighted by atomic mass is 14.9. The Labute approximate surface area is 85.5 Å². The molecular formula is C13H17N. The summed E-state index contributed by atoms with van der Waals surface area (Å²) in [6, 6.07) is 8.88. The predicted octanol–water partition coefficient (Wildman–Crippen LogP) is 3.31. The second kappa shape index (κ2) is 3.01. The normalized spacial score (nSPS) is 23.1. The van der Waals surface area contributed by atoms with Gasteiger partial charge in [0.2, 0.25) is 0 Å². The second-order valence-corrected chi connectivity index (χ2v) is 4.71. The molecule has 2 aliphatic rings. The second-order valence-electron chi connectivity index (χ2n) is 4.71. The monoisotopic (exact) mass is 187 g/mol. The van der Waals surface area contributed by atoms with Crippen molar-refractivity contribution < 1.29 is 0 Å². The molecule has 1 heterocycles. The van der Waals surface area contributed by atoms with Gasteiger partial charge in [0.1, 0.15) is 0 Å². The molecule has 0 bridgehead atoms. The molecule has 0 amide bonds. The fraction of sp³-hybridized carbons (Fsp3) is 0.538. The minimum Gasteiger partial charge on any atom is -0.385 e. The molecule has 1 nitrogen and oxygen atoms in total. The molecule has 1 aliphatic carbocycles. The van der Waals surface area contributed by atoms with E-state index in [2.05, 4.69) is 29.6 Å². The summed E-state index contributed by atoms with van der Waals surface area (Å²) >= 11 is 0. The van der Waals surface area contributed by atoms with Crippen molar-refractivity contribution in [2.45, 2.75) is 37.5 Å². The SMILES string of the molecule is c1ccc2c(c1)NCCC21CCCC1. The molecule has 0 atom stereocenters. The molecule has 74 valence electrons. The smallest absolute Gasteiger partial charge is 0.0378 e. The third-order valence-corrected chi connectivity index (χ3v) is 3.98. The van der Waals surface area contributed by atoms with Crippen LogP contribution in [0.1, 0.15) is 37.7 Å². The van der Waals surface area contributed by atoms with E-state index in [9.17, 15) is 0 Å². The van der Waals surface area contributed by atoms with Crippen molar-refractivity contribution in [3.8, 4) is 0 Å². The molecule has 0 unspecified atom stereocenters. The van der Waals surface area contributed by atoms with Crippen molar-refractivity contribution >= 4 is 5.69 Å². The van der Waals surface area contributed by atoms with Crippen molar-refractivity contribution in [1.29, 1.82) is 0 Å². The van der Waals surface area contributed by atoms with E-state index in [-0.39, 0.29) is 0 Å². The summed E-state index contributed by atoms with van der Waals surface area (Å²) in [6.07, 6.45) is 7.00. The van der Waals surface area contributed by atoms with Crippen LogP contribution in [-0.4, -0.2) is 6.54 Å². The van der Waals surface area contributed by atoms with Gasteiger partial charge in [-0.2, -0.15) is 0 Å². The molecule has 14 heavy (non-hydrogen) atoms. The Morgan fingerprint density at radius 3 is 2.64 bits per heavy atom. The van der Waals surface area contributed by atoms with Gasteiger partial charge >= 0.3 is 0 Å². The van der Waals surface area contributed by atoms with Gasteiger partial charge in [0.25, 0.3) is 0 Å². The third kappa shape index (κ3) is 1.08. The maximum Gasteiger partial charge on any atom is 0.0378 e. The Kier molecular flexibility index (Phi) is 1.79. The predicted molar refractivity (Wildman–Crippen MR) is 59.7 cm³/mol. The van der Waals surface area contributed by atoms with Crippen LogP contribution < -0.4 is 5.32 Å². The largest absolute Gasteiger partial charge is 0.385 e. The van der Waals surface area contributed by atoms with Gasteiger partial charge in [0, 0.05) is 12.2 Å². The first-order valence-electron chi connectivity index (χ1n) is 5.74. The lowest BCUT2D eigenvalue weighted by molar-refractivity contribution is 0.407. The van der Waals surface area contributed by atoms with Crippen molar-refractivity contribution in [2.24, 2.45) is 0 Å². The highest BCUT2D eigenvalue weighted by Gasteiger charge is 2.38. The first-order chi connectivity index (χ1) is 6.91. The number of rotatable bonds is 0. The minimum atomic E-state index is 0.543. The van der Waals surface area contributed by atoms with Gasteiger partial charge in [-0.25, -0.2) is 0 Å². The van der Waals surface area contributed by atoms with Gasteiger partial charge in [-0.1, -0.05) is 31.0 Å². The fourth-order valence-electron chi connectivity index (χ4n) is 3.24. The summed E-state index contributed by atoms with van der Waals surface area (Å²) in [4.78, 5) is 0. The van der Waals surface area contributed by atoms with Crippen LogP contribution in [0.2, 0.25) is 0 Å². The van der Waals surface area contributed by atoms with Crippen LogP contribution in [0.4, 0.5) is 5.69 Å². The molecule has 1 aromatic carbocycles. The Morgan fingerprint density at radius 2 is 1.79 bits per heavy atom. The zero-order chi connectivity index (χ0) is 9.43. The zero-order valence-corrected chi connectivity index (χ0v) is 8.55. The molecule has 1 spiro atoms. The van der Waals surface area contributed by atoms with Crippen molar-refractivity contribution in [1.82, 2.24) is 0 Å². The number of nitrogens with one attached hydrogen (secondary N) is 1. The van der Waals surface area contributed by atoms with E-state index in [1.54, 1.807) is 5.56 Å². The molecular weight excluding hydrogens is 170 g/mol. The van der Waals surface area contributed by atoms with Crippen LogP contribution in [0, 0.1) is 0 Å². The van der Waals surface area contributed by atoms with Crippen LogP contribution >= 0.6 is 0 Å². The summed E-state index contributed by atoms with van der Waals surface area (Å²) in [5, 5.41) is 3.51. The van der Waals surface area contributed by atoms with E-state index < -0.39 is 0 Å². The maximum absolute atomic E-state index is 3.51. The van der Waals surface area contributed by atoms with Gasteiger partial charge in [-0.3, -0.25) is 0 Å². The van der Waals surface area contributed by atoms with Crippen molar-refractivity contribution in [3.05, 3.63) is 29.8 Å². The van der Waals surface area contributed by atoms with E-state index in [4.69, 9.17) is 0 Å². The van der Waals surface area contributed by atoms with Crippen LogP contribution in [0.25, 0.3) is 0 Å². The van der Waals surface area contributed by atoms with Crippen LogP contribution in [-0.2, 0) is 5.41 Å². The molecule has 0 aromatic heterocycles. The van der Waals surface area contributed by atoms with E-state index in [0.29, 0.717) is 5.41 Å². The van der Waals surface area contributed by atoms with Crippen LogP contribution in [0.15, 0.2) is 24.3 Å². The lowest BCUT2D eigenvalue weighted by Gasteiger charge is -2.36. The third-order valence-electron chi connectivity index (χ3n) is 3.98. The number of anilines is 1. The number of hydrogen-bond acceptors (Lipinski definition) is 1. The Morgan fingerprint density at radius 1 is 1.00 bits per heavy atom. The first kappa shape index (κ1) is 8.34. The fourth-order valence-corrected chi connectivity index (χ4v) is 3.24. The van der Waals surface area contributed by atoms with Gasteiger partial charge in [-0.15, -0.1) is 0 Å². The van der Waals surface area contributed by atoms with Crippen molar-refractivity contribution in [2.75, 3.05) is 11.9 Å². The zero-order valence-electron chi connectivity index (χ0n) is 8.55. The van der Waals surface area contributed by atoms with Gasteiger partial charge < -0.3 is 5.32 Å². The number of benzene rings is 1. The molecule has 1 N–H and O–H groups in total. The topological polar surface area (TPSA) is 12.0 Å². The molecule has 1 saturated carbocycles. The number of hydrogen-bond donors (Lipinski definition) is 1. The quantitative estimate of drug-likeness (QED) is 0.657. The van der Waals surface area contributed by atoms with Crippen LogP contribution in [0.5, 0.6) is 0 Å². The Hall–Kier alpha value is -0.980. The molecule has 1 aromatic rings. The Bertz CT molecular complexity index is 337. The maximum atomic E-state index is 3.51. The summed E-state index contributed by atoms with van der Waals surface area (Å²) < 4.78 is 0. The van der Waals surface area contributed by atoms with E-state index in [0.717, 1.165) is 6.54 Å². The lowest BCUT2D eigenvalue weighted by Crippen LogP contribution is -2.31. The molecule has 1 fully saturated rings. The standard InChI is InChI=1S/C13H17N/c1-2-6-12-11(5-1)13(9-10-14-12)7-3-4-8-13/h1-2,5-6,14H,3-4,7-10H2. The van der Waals surface area contributed by atoms with Gasteiger partial charge in [-0.05, 0) is 36.3 Å². The minimum absolute atomic E-state index is 0.543. The molecule has 1 heteroatoms. The lowest BCUT2D eigenvalue weighted by atomic mass is 9.73. The van der Waals surface area contributed by atoms with E-state index >= 15 is 0 Å². The molecule has 0 saturated heterocycles. The summed E-state index contributed by atoms with van der Waals surface area (Å²) in [5.74, 6) is 0. The molecule has 3 rings (SSSR count). The highest BCUT2D eigenvalue weighted by Crippen LogP contribution is 2.48. The van der Waals surface area contributed by atoms with Gasteiger partial charge in [0.15, 0.2) is 0 Å². The summed E-state index contributed by atoms with van der Waals surface area (Å²) in [6.45, 7) is 1.16. The summed E-state index contributed by atoms with van der Waals surface area (Å²) in [7, 11) is 0. The van der Waals surface area contributed by atoms with E-state index in [1.165, 1.54) is 37.8 Å². The first-order valence-corrected chi connectivity index (χ1v) is 5.74. The Balaban J connectivity index is 2.10. The number of fused-ring (bicyclic) bond motifs is 2. The van der Waals surface area contributed by atoms with Gasteiger partial charge in [0.05, 0.1) is 0 Å². The molecule has 1 aliphatic heterocycles. The average Bonchev–Trinajstić information content (AvgIpc) is 2.68.